The van der Waals surface area contributed by atoms with Gasteiger partial charge in [0.25, 0.3) is 5.56 Å². The summed E-state index contributed by atoms with van der Waals surface area (Å²) < 4.78 is 14.6. The fourth-order valence-corrected chi connectivity index (χ4v) is 3.51. The molecule has 0 saturated carbocycles. The minimum Gasteiger partial charge on any atom is -0.267 e. The number of thiophene rings is 1. The molecule has 2 aromatic carbocycles. The molecule has 0 saturated heterocycles. The fourth-order valence-electron chi connectivity index (χ4n) is 2.54. The smallest absolute Gasteiger partial charge is 0.267 e. The molecule has 0 unspecified atom stereocenters. The molecule has 4 aromatic rings. The Hall–Kier alpha value is -2.86. The zero-order valence-corrected chi connectivity index (χ0v) is 13.3. The quantitative estimate of drug-likeness (QED) is 0.573. The Morgan fingerprint density at radius 1 is 1.04 bits per heavy atom. The van der Waals surface area contributed by atoms with Crippen LogP contribution in [0.25, 0.3) is 20.7 Å². The summed E-state index contributed by atoms with van der Waals surface area (Å²) in [6.45, 7) is 0.191. The molecule has 118 valence electrons. The summed E-state index contributed by atoms with van der Waals surface area (Å²) in [4.78, 5) is 14.2. The van der Waals surface area contributed by atoms with Crippen molar-refractivity contribution in [1.82, 2.24) is 15.0 Å². The van der Waals surface area contributed by atoms with Gasteiger partial charge in [-0.3, -0.25) is 4.79 Å². The number of rotatable bonds is 3. The number of hydrogen-bond acceptors (Lipinski definition) is 4. The molecule has 0 bridgehead atoms. The third-order valence-electron chi connectivity index (χ3n) is 3.70. The summed E-state index contributed by atoms with van der Waals surface area (Å²) in [5.41, 5.74) is 1.49. The standard InChI is InChI=1S/C18H12FN3OS/c19-14-8-4-5-12(9-14)11-22-18(23)15-10-16(24-17(15)20-21-22)13-6-2-1-3-7-13/h1-10H,11H2. The van der Waals surface area contributed by atoms with Gasteiger partial charge in [-0.15, -0.1) is 16.4 Å². The minimum atomic E-state index is -0.337. The topological polar surface area (TPSA) is 47.8 Å². The van der Waals surface area contributed by atoms with Gasteiger partial charge in [-0.2, -0.15) is 0 Å². The van der Waals surface area contributed by atoms with Crippen molar-refractivity contribution in [2.45, 2.75) is 6.54 Å². The van der Waals surface area contributed by atoms with Crippen LogP contribution in [-0.4, -0.2) is 15.0 Å². The van der Waals surface area contributed by atoms with Gasteiger partial charge in [-0.25, -0.2) is 9.07 Å². The van der Waals surface area contributed by atoms with Crippen molar-refractivity contribution in [3.63, 3.8) is 0 Å². The molecule has 0 aliphatic carbocycles. The van der Waals surface area contributed by atoms with Gasteiger partial charge >= 0.3 is 0 Å². The number of halogens is 1. The van der Waals surface area contributed by atoms with E-state index in [0.717, 1.165) is 10.4 Å². The maximum Gasteiger partial charge on any atom is 0.278 e. The molecule has 0 N–H and O–H groups in total. The Kier molecular flexibility index (Phi) is 3.66. The van der Waals surface area contributed by atoms with Crippen molar-refractivity contribution in [2.24, 2.45) is 0 Å². The summed E-state index contributed by atoms with van der Waals surface area (Å²) in [6, 6.07) is 17.8. The molecule has 2 aromatic heterocycles. The largest absolute Gasteiger partial charge is 0.278 e. The first-order valence-electron chi connectivity index (χ1n) is 7.38. The average molecular weight is 337 g/mol. The Labute approximate surface area is 140 Å². The summed E-state index contributed by atoms with van der Waals surface area (Å²) in [5, 5.41) is 8.66. The number of fused-ring (bicyclic) bond motifs is 1. The van der Waals surface area contributed by atoms with Gasteiger partial charge in [0.15, 0.2) is 4.83 Å². The van der Waals surface area contributed by atoms with Crippen molar-refractivity contribution >= 4 is 21.6 Å². The fraction of sp³-hybridized carbons (Fsp3) is 0.0556. The second-order valence-corrected chi connectivity index (χ2v) is 6.41. The van der Waals surface area contributed by atoms with Crippen LogP contribution in [0.3, 0.4) is 0 Å². The molecule has 0 aliphatic rings. The van der Waals surface area contributed by atoms with Crippen LogP contribution < -0.4 is 5.56 Å². The number of aromatic nitrogens is 3. The molecular formula is C18H12FN3OS. The van der Waals surface area contributed by atoms with Crippen LogP contribution in [0.4, 0.5) is 4.39 Å². The Bertz CT molecular complexity index is 1070. The van der Waals surface area contributed by atoms with E-state index in [4.69, 9.17) is 0 Å². The van der Waals surface area contributed by atoms with Crippen molar-refractivity contribution in [1.29, 1.82) is 0 Å². The predicted octanol–water partition coefficient (Wildman–Crippen LogP) is 3.71. The highest BCUT2D eigenvalue weighted by atomic mass is 32.1. The monoisotopic (exact) mass is 337 g/mol. The summed E-state index contributed by atoms with van der Waals surface area (Å²) >= 11 is 1.44. The lowest BCUT2D eigenvalue weighted by Crippen LogP contribution is -2.24. The molecule has 0 atom stereocenters. The number of hydrogen-bond donors (Lipinski definition) is 0. The van der Waals surface area contributed by atoms with Gasteiger partial charge in [0, 0.05) is 4.88 Å². The first-order chi connectivity index (χ1) is 11.7. The van der Waals surface area contributed by atoms with Gasteiger partial charge in [-0.05, 0) is 29.3 Å². The van der Waals surface area contributed by atoms with E-state index in [2.05, 4.69) is 10.3 Å². The summed E-state index contributed by atoms with van der Waals surface area (Å²) in [7, 11) is 0. The zero-order valence-electron chi connectivity index (χ0n) is 12.5. The maximum absolute atomic E-state index is 13.3. The predicted molar refractivity (Wildman–Crippen MR) is 92.6 cm³/mol. The van der Waals surface area contributed by atoms with E-state index < -0.39 is 0 Å². The van der Waals surface area contributed by atoms with Crippen LogP contribution >= 0.6 is 11.3 Å². The summed E-state index contributed by atoms with van der Waals surface area (Å²) in [5.74, 6) is -0.337. The third kappa shape index (κ3) is 2.72. The minimum absolute atomic E-state index is 0.191. The first-order valence-corrected chi connectivity index (χ1v) is 8.19. The molecule has 4 rings (SSSR count). The van der Waals surface area contributed by atoms with Crippen LogP contribution in [0, 0.1) is 5.82 Å². The highest BCUT2D eigenvalue weighted by molar-refractivity contribution is 7.21. The molecule has 4 nitrogen and oxygen atoms in total. The summed E-state index contributed by atoms with van der Waals surface area (Å²) in [6.07, 6.45) is 0. The van der Waals surface area contributed by atoms with Gasteiger partial charge in [-0.1, -0.05) is 47.7 Å². The highest BCUT2D eigenvalue weighted by Gasteiger charge is 2.11. The van der Waals surface area contributed by atoms with Crippen molar-refractivity contribution in [2.75, 3.05) is 0 Å². The van der Waals surface area contributed by atoms with Crippen molar-refractivity contribution in [3.8, 4) is 10.4 Å². The van der Waals surface area contributed by atoms with E-state index in [9.17, 15) is 9.18 Å². The first kappa shape index (κ1) is 14.7. The van der Waals surface area contributed by atoms with Crippen LogP contribution in [0.2, 0.25) is 0 Å². The number of benzene rings is 2. The third-order valence-corrected chi connectivity index (χ3v) is 4.77. The van der Waals surface area contributed by atoms with Gasteiger partial charge < -0.3 is 0 Å². The van der Waals surface area contributed by atoms with Crippen LogP contribution in [0.15, 0.2) is 65.5 Å². The van der Waals surface area contributed by atoms with E-state index >= 15 is 0 Å². The Morgan fingerprint density at radius 2 is 1.88 bits per heavy atom. The van der Waals surface area contributed by atoms with Crippen LogP contribution in [0.5, 0.6) is 0 Å². The maximum atomic E-state index is 13.3. The van der Waals surface area contributed by atoms with E-state index in [1.54, 1.807) is 12.1 Å². The van der Waals surface area contributed by atoms with Crippen molar-refractivity contribution in [3.05, 3.63) is 82.4 Å². The van der Waals surface area contributed by atoms with Gasteiger partial charge in [0.2, 0.25) is 0 Å². The highest BCUT2D eigenvalue weighted by Crippen LogP contribution is 2.30. The lowest BCUT2D eigenvalue weighted by molar-refractivity contribution is 0.591. The molecule has 0 spiro atoms. The van der Waals surface area contributed by atoms with E-state index in [1.165, 1.54) is 28.2 Å². The SMILES string of the molecule is O=c1c2cc(-c3ccccc3)sc2nnn1Cc1cccc(F)c1. The number of nitrogens with zero attached hydrogens (tertiary/aromatic N) is 3. The van der Waals surface area contributed by atoms with Gasteiger partial charge in [0.05, 0.1) is 11.9 Å². The van der Waals surface area contributed by atoms with E-state index in [1.807, 2.05) is 36.4 Å². The molecular weight excluding hydrogens is 325 g/mol. The average Bonchev–Trinajstić information content (AvgIpc) is 3.03. The van der Waals surface area contributed by atoms with Crippen LogP contribution in [0.1, 0.15) is 5.56 Å². The lowest BCUT2D eigenvalue weighted by Gasteiger charge is -2.03. The second-order valence-electron chi connectivity index (χ2n) is 5.38. The Balaban J connectivity index is 1.76. The molecule has 6 heteroatoms. The van der Waals surface area contributed by atoms with Crippen molar-refractivity contribution < 1.29 is 4.39 Å². The van der Waals surface area contributed by atoms with E-state index in [-0.39, 0.29) is 17.9 Å². The molecule has 0 fully saturated rings. The van der Waals surface area contributed by atoms with E-state index in [0.29, 0.717) is 15.8 Å². The molecule has 0 radical (unpaired) electrons. The van der Waals surface area contributed by atoms with Gasteiger partial charge in [0.1, 0.15) is 5.82 Å². The normalized spacial score (nSPS) is 11.0. The second kappa shape index (κ2) is 5.98. The van der Waals surface area contributed by atoms with Crippen LogP contribution in [-0.2, 0) is 6.54 Å². The molecule has 2 heterocycles. The lowest BCUT2D eigenvalue weighted by atomic mass is 10.2. The molecule has 0 amide bonds. The zero-order chi connectivity index (χ0) is 16.5. The Morgan fingerprint density at radius 3 is 2.67 bits per heavy atom. The molecule has 24 heavy (non-hydrogen) atoms. The molecule has 0 aliphatic heterocycles.